The highest BCUT2D eigenvalue weighted by Crippen LogP contribution is 2.31. The number of nitrogens with zero attached hydrogens (tertiary/aromatic N) is 1. The van der Waals surface area contributed by atoms with Crippen molar-refractivity contribution >= 4 is 12.0 Å². The van der Waals surface area contributed by atoms with Crippen molar-refractivity contribution in [1.82, 2.24) is 15.5 Å². The first kappa shape index (κ1) is 18.5. The summed E-state index contributed by atoms with van der Waals surface area (Å²) in [6.45, 7) is 6.51. The van der Waals surface area contributed by atoms with E-state index in [-0.39, 0.29) is 6.03 Å². The van der Waals surface area contributed by atoms with E-state index in [2.05, 4.69) is 15.5 Å². The number of methoxy groups -OCH3 is 1. The van der Waals surface area contributed by atoms with Gasteiger partial charge in [-0.05, 0) is 50.9 Å². The molecule has 0 saturated carbocycles. The number of benzene rings is 1. The molecule has 1 fully saturated rings. The van der Waals surface area contributed by atoms with Crippen LogP contribution < -0.4 is 10.6 Å². The molecule has 6 heteroatoms. The van der Waals surface area contributed by atoms with Gasteiger partial charge >= 0.3 is 12.0 Å². The molecular formula is C20H27N3O3. The van der Waals surface area contributed by atoms with Crippen LogP contribution in [0.4, 0.5) is 4.79 Å². The Morgan fingerprint density at radius 3 is 2.65 bits per heavy atom. The SMILES string of the molecule is COC(=O)C1=C(CN2CCCCC2)NC(=O)N[C@H]1c1cc(C)ccc1C. The minimum atomic E-state index is -0.504. The summed E-state index contributed by atoms with van der Waals surface area (Å²) in [5, 5.41) is 5.76. The molecule has 2 amide bonds. The monoisotopic (exact) mass is 357 g/mol. The number of aryl methyl sites for hydroxylation is 2. The molecule has 2 heterocycles. The molecule has 1 aromatic carbocycles. The van der Waals surface area contributed by atoms with Crippen molar-refractivity contribution in [2.45, 2.75) is 39.2 Å². The summed E-state index contributed by atoms with van der Waals surface area (Å²) in [5.41, 5.74) is 4.18. The van der Waals surface area contributed by atoms with Gasteiger partial charge in [-0.25, -0.2) is 9.59 Å². The Hall–Kier alpha value is -2.34. The summed E-state index contributed by atoms with van der Waals surface area (Å²) in [4.78, 5) is 27.2. The van der Waals surface area contributed by atoms with E-state index in [0.717, 1.165) is 42.6 Å². The molecule has 0 spiro atoms. The van der Waals surface area contributed by atoms with E-state index in [0.29, 0.717) is 17.8 Å². The molecule has 0 aliphatic carbocycles. The summed E-state index contributed by atoms with van der Waals surface area (Å²) in [5.74, 6) is -0.407. The first-order chi connectivity index (χ1) is 12.5. The van der Waals surface area contributed by atoms with Crippen molar-refractivity contribution in [2.75, 3.05) is 26.7 Å². The van der Waals surface area contributed by atoms with E-state index in [1.807, 2.05) is 32.0 Å². The first-order valence-corrected chi connectivity index (χ1v) is 9.18. The number of piperidine rings is 1. The molecule has 0 radical (unpaired) electrons. The average Bonchev–Trinajstić information content (AvgIpc) is 2.63. The van der Waals surface area contributed by atoms with Gasteiger partial charge < -0.3 is 15.4 Å². The number of nitrogens with one attached hydrogen (secondary N) is 2. The number of hydrogen-bond donors (Lipinski definition) is 2. The van der Waals surface area contributed by atoms with Gasteiger partial charge in [0.25, 0.3) is 0 Å². The smallest absolute Gasteiger partial charge is 0.338 e. The van der Waals surface area contributed by atoms with E-state index in [4.69, 9.17) is 4.74 Å². The van der Waals surface area contributed by atoms with E-state index in [9.17, 15) is 9.59 Å². The quantitative estimate of drug-likeness (QED) is 0.813. The van der Waals surface area contributed by atoms with Crippen molar-refractivity contribution in [2.24, 2.45) is 0 Å². The topological polar surface area (TPSA) is 70.7 Å². The van der Waals surface area contributed by atoms with Gasteiger partial charge in [0.15, 0.2) is 0 Å². The van der Waals surface area contributed by atoms with Crippen LogP contribution >= 0.6 is 0 Å². The number of hydrogen-bond acceptors (Lipinski definition) is 4. The van der Waals surface area contributed by atoms with Crippen LogP contribution in [0.15, 0.2) is 29.5 Å². The number of rotatable bonds is 4. The van der Waals surface area contributed by atoms with Crippen molar-refractivity contribution in [3.05, 3.63) is 46.2 Å². The van der Waals surface area contributed by atoms with Crippen LogP contribution in [0.25, 0.3) is 0 Å². The second kappa shape index (κ2) is 7.91. The Morgan fingerprint density at radius 1 is 1.23 bits per heavy atom. The Bertz CT molecular complexity index is 736. The van der Waals surface area contributed by atoms with E-state index >= 15 is 0 Å². The minimum Gasteiger partial charge on any atom is -0.466 e. The van der Waals surface area contributed by atoms with Gasteiger partial charge in [0.1, 0.15) is 0 Å². The lowest BCUT2D eigenvalue weighted by Crippen LogP contribution is -2.49. The molecule has 1 saturated heterocycles. The molecule has 140 valence electrons. The largest absolute Gasteiger partial charge is 0.466 e. The number of ether oxygens (including phenoxy) is 1. The van der Waals surface area contributed by atoms with Crippen LogP contribution in [-0.4, -0.2) is 43.6 Å². The summed E-state index contributed by atoms with van der Waals surface area (Å²) >= 11 is 0. The van der Waals surface area contributed by atoms with Crippen LogP contribution in [0.1, 0.15) is 42.0 Å². The lowest BCUT2D eigenvalue weighted by Gasteiger charge is -2.33. The van der Waals surface area contributed by atoms with E-state index in [1.165, 1.54) is 13.5 Å². The van der Waals surface area contributed by atoms with Crippen LogP contribution in [0, 0.1) is 13.8 Å². The summed E-state index contributed by atoms with van der Waals surface area (Å²) in [6, 6.07) is 5.27. The Morgan fingerprint density at radius 2 is 1.96 bits per heavy atom. The van der Waals surface area contributed by atoms with Crippen LogP contribution in [0.5, 0.6) is 0 Å². The number of carbonyl (C=O) groups is 2. The standard InChI is InChI=1S/C20H27N3O3/c1-13-7-8-14(2)15(11-13)18-17(19(24)26-3)16(21-20(25)22-18)12-23-9-5-4-6-10-23/h7-8,11,18H,4-6,9-10,12H2,1-3H3,(H2,21,22,25)/t18-/m0/s1. The summed E-state index contributed by atoms with van der Waals surface area (Å²) in [6.07, 6.45) is 3.53. The minimum absolute atomic E-state index is 0.282. The van der Waals surface area contributed by atoms with Crippen molar-refractivity contribution < 1.29 is 14.3 Å². The third-order valence-corrected chi connectivity index (χ3v) is 5.14. The lowest BCUT2D eigenvalue weighted by molar-refractivity contribution is -0.136. The van der Waals surface area contributed by atoms with E-state index < -0.39 is 12.0 Å². The fraction of sp³-hybridized carbons (Fsp3) is 0.500. The Kier molecular flexibility index (Phi) is 5.61. The average molecular weight is 357 g/mol. The molecule has 0 bridgehead atoms. The van der Waals surface area contributed by atoms with Crippen molar-refractivity contribution in [3.8, 4) is 0 Å². The van der Waals surface area contributed by atoms with Crippen molar-refractivity contribution in [3.63, 3.8) is 0 Å². The lowest BCUT2D eigenvalue weighted by atomic mass is 9.91. The highest BCUT2D eigenvalue weighted by atomic mass is 16.5. The van der Waals surface area contributed by atoms with Crippen molar-refractivity contribution in [1.29, 1.82) is 0 Å². The predicted octanol–water partition coefficient (Wildman–Crippen LogP) is 2.57. The van der Waals surface area contributed by atoms with Gasteiger partial charge in [0.2, 0.25) is 0 Å². The maximum Gasteiger partial charge on any atom is 0.338 e. The fourth-order valence-electron chi connectivity index (χ4n) is 3.74. The zero-order valence-corrected chi connectivity index (χ0v) is 15.7. The second-order valence-corrected chi connectivity index (χ2v) is 7.11. The maximum atomic E-state index is 12.6. The van der Waals surface area contributed by atoms with Gasteiger partial charge in [-0.15, -0.1) is 0 Å². The molecule has 0 aromatic heterocycles. The Labute approximate surface area is 154 Å². The van der Waals surface area contributed by atoms with Gasteiger partial charge in [0.05, 0.1) is 18.7 Å². The predicted molar refractivity (Wildman–Crippen MR) is 99.7 cm³/mol. The number of esters is 1. The zero-order valence-electron chi connectivity index (χ0n) is 15.7. The highest BCUT2D eigenvalue weighted by molar-refractivity contribution is 5.95. The van der Waals surface area contributed by atoms with Gasteiger partial charge in [-0.3, -0.25) is 4.90 Å². The van der Waals surface area contributed by atoms with Gasteiger partial charge in [0, 0.05) is 12.2 Å². The number of amides is 2. The van der Waals surface area contributed by atoms with Crippen LogP contribution in [0.3, 0.4) is 0 Å². The molecule has 2 aliphatic rings. The van der Waals surface area contributed by atoms with Gasteiger partial charge in [-0.2, -0.15) is 0 Å². The summed E-state index contributed by atoms with van der Waals surface area (Å²) < 4.78 is 5.06. The molecule has 2 aliphatic heterocycles. The molecule has 6 nitrogen and oxygen atoms in total. The third kappa shape index (κ3) is 3.90. The fourth-order valence-corrected chi connectivity index (χ4v) is 3.74. The first-order valence-electron chi connectivity index (χ1n) is 9.18. The molecule has 26 heavy (non-hydrogen) atoms. The number of carbonyl (C=O) groups excluding carboxylic acids is 2. The number of urea groups is 1. The Balaban J connectivity index is 2.03. The van der Waals surface area contributed by atoms with Crippen LogP contribution in [0.2, 0.25) is 0 Å². The zero-order chi connectivity index (χ0) is 18.7. The molecular weight excluding hydrogens is 330 g/mol. The normalized spacial score (nSPS) is 21.2. The third-order valence-electron chi connectivity index (χ3n) is 5.14. The molecule has 1 atom stereocenters. The maximum absolute atomic E-state index is 12.6. The molecule has 0 unspecified atom stereocenters. The molecule has 1 aromatic rings. The second-order valence-electron chi connectivity index (χ2n) is 7.11. The summed E-state index contributed by atoms with van der Waals surface area (Å²) in [7, 11) is 1.38. The number of likely N-dealkylation sites (tertiary alicyclic amines) is 1. The van der Waals surface area contributed by atoms with E-state index in [1.54, 1.807) is 0 Å². The van der Waals surface area contributed by atoms with Gasteiger partial charge in [-0.1, -0.05) is 30.2 Å². The molecule has 2 N–H and O–H groups in total. The highest BCUT2D eigenvalue weighted by Gasteiger charge is 2.34. The molecule has 3 rings (SSSR count). The van der Waals surface area contributed by atoms with Crippen LogP contribution in [-0.2, 0) is 9.53 Å².